The first-order chi connectivity index (χ1) is 11.6. The average molecular weight is 359 g/mol. The van der Waals surface area contributed by atoms with Crippen molar-refractivity contribution in [3.05, 3.63) is 70.1 Å². The highest BCUT2D eigenvalue weighted by Gasteiger charge is 2.19. The lowest BCUT2D eigenvalue weighted by molar-refractivity contribution is 0.0946. The van der Waals surface area contributed by atoms with E-state index in [0.29, 0.717) is 16.4 Å². The third-order valence-electron chi connectivity index (χ3n) is 4.00. The van der Waals surface area contributed by atoms with Crippen LogP contribution in [0, 0.1) is 0 Å². The Bertz CT molecular complexity index is 845. The number of carbonyl (C=O) groups is 1. The van der Waals surface area contributed by atoms with Gasteiger partial charge in [-0.3, -0.25) is 4.79 Å². The Morgan fingerprint density at radius 3 is 2.46 bits per heavy atom. The van der Waals surface area contributed by atoms with E-state index in [1.807, 2.05) is 56.6 Å². The van der Waals surface area contributed by atoms with Crippen molar-refractivity contribution in [2.24, 2.45) is 0 Å². The quantitative estimate of drug-likeness (QED) is 0.723. The molecule has 1 N–H and O–H groups in total. The molecule has 1 amide bonds. The molecule has 124 valence electrons. The standard InChI is InChI=1S/C19H19ClN2OS/c1-22(2)15(13-8-4-3-5-9-13)12-21-19(23)18-17(20)14-10-6-7-11-16(14)24-18/h3-11,15H,12H2,1-2H3,(H,21,23). The Labute approximate surface area is 150 Å². The highest BCUT2D eigenvalue weighted by molar-refractivity contribution is 7.21. The number of thiophene rings is 1. The van der Waals surface area contributed by atoms with E-state index >= 15 is 0 Å². The number of rotatable bonds is 5. The lowest BCUT2D eigenvalue weighted by atomic mass is 10.1. The van der Waals surface area contributed by atoms with E-state index in [0.717, 1.165) is 10.1 Å². The minimum Gasteiger partial charge on any atom is -0.349 e. The molecule has 0 fully saturated rings. The Kier molecular flexibility index (Phi) is 5.19. The number of hydrogen-bond donors (Lipinski definition) is 1. The van der Waals surface area contributed by atoms with Crippen LogP contribution in [0.3, 0.4) is 0 Å². The van der Waals surface area contributed by atoms with Crippen molar-refractivity contribution < 1.29 is 4.79 Å². The van der Waals surface area contributed by atoms with Crippen LogP contribution in [-0.2, 0) is 0 Å². The number of hydrogen-bond acceptors (Lipinski definition) is 3. The first-order valence-electron chi connectivity index (χ1n) is 7.74. The molecule has 1 aromatic heterocycles. The molecule has 0 spiro atoms. The second-order valence-corrected chi connectivity index (χ2v) is 7.27. The van der Waals surface area contributed by atoms with Gasteiger partial charge in [-0.1, -0.05) is 60.1 Å². The Hall–Kier alpha value is -1.88. The summed E-state index contributed by atoms with van der Waals surface area (Å²) >= 11 is 7.82. The van der Waals surface area contributed by atoms with E-state index in [2.05, 4.69) is 22.3 Å². The summed E-state index contributed by atoms with van der Waals surface area (Å²) in [5.41, 5.74) is 1.17. The maximum Gasteiger partial charge on any atom is 0.262 e. The second-order valence-electron chi connectivity index (χ2n) is 5.84. The SMILES string of the molecule is CN(C)C(CNC(=O)c1sc2ccccc2c1Cl)c1ccccc1. The van der Waals surface area contributed by atoms with Crippen LogP contribution < -0.4 is 5.32 Å². The van der Waals surface area contributed by atoms with Crippen molar-refractivity contribution in [1.82, 2.24) is 10.2 Å². The Morgan fingerprint density at radius 1 is 1.12 bits per heavy atom. The number of halogens is 1. The largest absolute Gasteiger partial charge is 0.349 e. The summed E-state index contributed by atoms with van der Waals surface area (Å²) in [5, 5.41) is 4.49. The van der Waals surface area contributed by atoms with E-state index in [-0.39, 0.29) is 11.9 Å². The number of fused-ring (bicyclic) bond motifs is 1. The predicted octanol–water partition coefficient (Wildman–Crippen LogP) is 4.59. The normalized spacial score (nSPS) is 12.5. The van der Waals surface area contributed by atoms with E-state index in [4.69, 9.17) is 11.6 Å². The third-order valence-corrected chi connectivity index (χ3v) is 5.68. The summed E-state index contributed by atoms with van der Waals surface area (Å²) in [5.74, 6) is -0.121. The molecule has 1 heterocycles. The lowest BCUT2D eigenvalue weighted by Gasteiger charge is -2.25. The average Bonchev–Trinajstić information content (AvgIpc) is 2.93. The van der Waals surface area contributed by atoms with Crippen LogP contribution in [-0.4, -0.2) is 31.4 Å². The number of nitrogens with zero attached hydrogens (tertiary/aromatic N) is 1. The molecule has 0 aliphatic heterocycles. The zero-order chi connectivity index (χ0) is 17.1. The number of benzene rings is 2. The molecule has 3 aromatic rings. The van der Waals surface area contributed by atoms with Gasteiger partial charge in [0.1, 0.15) is 4.88 Å². The number of carbonyl (C=O) groups excluding carboxylic acids is 1. The molecular formula is C19H19ClN2OS. The lowest BCUT2D eigenvalue weighted by Crippen LogP contribution is -2.34. The van der Waals surface area contributed by atoms with Gasteiger partial charge in [0.25, 0.3) is 5.91 Å². The topological polar surface area (TPSA) is 32.3 Å². The smallest absolute Gasteiger partial charge is 0.262 e. The molecule has 0 bridgehead atoms. The van der Waals surface area contributed by atoms with Crippen LogP contribution in [0.1, 0.15) is 21.3 Å². The molecule has 0 radical (unpaired) electrons. The van der Waals surface area contributed by atoms with Crippen molar-refractivity contribution in [2.75, 3.05) is 20.6 Å². The van der Waals surface area contributed by atoms with E-state index in [1.54, 1.807) is 0 Å². The van der Waals surface area contributed by atoms with E-state index < -0.39 is 0 Å². The molecule has 0 saturated carbocycles. The van der Waals surface area contributed by atoms with Gasteiger partial charge < -0.3 is 10.2 Å². The van der Waals surface area contributed by atoms with Crippen LogP contribution in [0.5, 0.6) is 0 Å². The summed E-state index contributed by atoms with van der Waals surface area (Å²) in [7, 11) is 4.02. The van der Waals surface area contributed by atoms with Crippen molar-refractivity contribution in [2.45, 2.75) is 6.04 Å². The Balaban J connectivity index is 1.77. The summed E-state index contributed by atoms with van der Waals surface area (Å²) < 4.78 is 1.03. The molecule has 1 atom stereocenters. The number of amides is 1. The van der Waals surface area contributed by atoms with Crippen molar-refractivity contribution in [3.63, 3.8) is 0 Å². The Morgan fingerprint density at radius 2 is 1.79 bits per heavy atom. The van der Waals surface area contributed by atoms with Crippen LogP contribution in [0.15, 0.2) is 54.6 Å². The molecule has 0 saturated heterocycles. The van der Waals surface area contributed by atoms with Crippen molar-refractivity contribution in [3.8, 4) is 0 Å². The van der Waals surface area contributed by atoms with Gasteiger partial charge >= 0.3 is 0 Å². The van der Waals surface area contributed by atoms with Crippen LogP contribution >= 0.6 is 22.9 Å². The summed E-state index contributed by atoms with van der Waals surface area (Å²) in [4.78, 5) is 15.3. The summed E-state index contributed by atoms with van der Waals surface area (Å²) in [6.45, 7) is 0.528. The summed E-state index contributed by atoms with van der Waals surface area (Å²) in [6.07, 6.45) is 0. The van der Waals surface area contributed by atoms with Gasteiger partial charge in [-0.2, -0.15) is 0 Å². The van der Waals surface area contributed by atoms with E-state index in [1.165, 1.54) is 16.9 Å². The maximum atomic E-state index is 12.6. The molecular weight excluding hydrogens is 340 g/mol. The predicted molar refractivity (Wildman–Crippen MR) is 102 cm³/mol. The monoisotopic (exact) mass is 358 g/mol. The van der Waals surface area contributed by atoms with Crippen LogP contribution in [0.2, 0.25) is 5.02 Å². The van der Waals surface area contributed by atoms with Gasteiger partial charge in [0, 0.05) is 16.6 Å². The van der Waals surface area contributed by atoms with Gasteiger partial charge in [0.2, 0.25) is 0 Å². The molecule has 3 rings (SSSR count). The van der Waals surface area contributed by atoms with Crippen LogP contribution in [0.25, 0.3) is 10.1 Å². The van der Waals surface area contributed by atoms with Crippen molar-refractivity contribution >= 4 is 38.9 Å². The van der Waals surface area contributed by atoms with Gasteiger partial charge in [-0.25, -0.2) is 0 Å². The van der Waals surface area contributed by atoms with Crippen molar-refractivity contribution in [1.29, 1.82) is 0 Å². The first-order valence-corrected chi connectivity index (χ1v) is 8.94. The molecule has 3 nitrogen and oxygen atoms in total. The molecule has 0 aliphatic carbocycles. The fourth-order valence-electron chi connectivity index (χ4n) is 2.70. The highest BCUT2D eigenvalue weighted by atomic mass is 35.5. The third kappa shape index (κ3) is 3.46. The number of likely N-dealkylation sites (N-methyl/N-ethyl adjacent to an activating group) is 1. The minimum absolute atomic E-state index is 0.114. The van der Waals surface area contributed by atoms with Gasteiger partial charge in [-0.05, 0) is 25.7 Å². The minimum atomic E-state index is -0.121. The molecule has 24 heavy (non-hydrogen) atoms. The highest BCUT2D eigenvalue weighted by Crippen LogP contribution is 2.35. The van der Waals surface area contributed by atoms with Gasteiger partial charge in [0.05, 0.1) is 11.1 Å². The zero-order valence-corrected chi connectivity index (χ0v) is 15.2. The fourth-order valence-corrected chi connectivity index (χ4v) is 4.14. The van der Waals surface area contributed by atoms with Crippen LogP contribution in [0.4, 0.5) is 0 Å². The molecule has 1 unspecified atom stereocenters. The summed E-state index contributed by atoms with van der Waals surface area (Å²) in [6, 6.07) is 18.1. The van der Waals surface area contributed by atoms with E-state index in [9.17, 15) is 4.79 Å². The molecule has 5 heteroatoms. The second kappa shape index (κ2) is 7.34. The maximum absolute atomic E-state index is 12.6. The zero-order valence-electron chi connectivity index (χ0n) is 13.6. The number of nitrogens with one attached hydrogen (secondary N) is 1. The molecule has 2 aromatic carbocycles. The van der Waals surface area contributed by atoms with Gasteiger partial charge in [-0.15, -0.1) is 11.3 Å². The first kappa shape index (κ1) is 17.0. The molecule has 0 aliphatic rings. The van der Waals surface area contributed by atoms with Gasteiger partial charge in [0.15, 0.2) is 0 Å². The fraction of sp³-hybridized carbons (Fsp3) is 0.211.